The number of benzene rings is 2. The Kier molecular flexibility index (Phi) is 4.72. The molecule has 0 aliphatic carbocycles. The van der Waals surface area contributed by atoms with Gasteiger partial charge in [0.05, 0.1) is 5.56 Å². The Morgan fingerprint density at radius 1 is 1.19 bits per heavy atom. The highest BCUT2D eigenvalue weighted by Gasteiger charge is 2.14. The van der Waals surface area contributed by atoms with Crippen LogP contribution in [0.5, 0.6) is 0 Å². The van der Waals surface area contributed by atoms with Gasteiger partial charge in [0.2, 0.25) is 0 Å². The summed E-state index contributed by atoms with van der Waals surface area (Å²) < 4.78 is 1.14. The highest BCUT2D eigenvalue weighted by Crippen LogP contribution is 2.24. The number of carbonyl (C=O) groups excluding carboxylic acids is 1. The van der Waals surface area contributed by atoms with E-state index in [1.54, 1.807) is 12.1 Å². The van der Waals surface area contributed by atoms with E-state index in [-0.39, 0.29) is 5.91 Å². The molecule has 0 atom stereocenters. The van der Waals surface area contributed by atoms with E-state index in [1.807, 2.05) is 50.2 Å². The van der Waals surface area contributed by atoms with Crippen molar-refractivity contribution in [2.24, 2.45) is 0 Å². The van der Waals surface area contributed by atoms with E-state index in [0.29, 0.717) is 11.3 Å². The van der Waals surface area contributed by atoms with E-state index in [4.69, 9.17) is 5.73 Å². The summed E-state index contributed by atoms with van der Waals surface area (Å²) in [6, 6.07) is 11.3. The van der Waals surface area contributed by atoms with Gasteiger partial charge in [-0.1, -0.05) is 0 Å². The van der Waals surface area contributed by atoms with E-state index in [9.17, 15) is 4.79 Å². The van der Waals surface area contributed by atoms with E-state index in [0.717, 1.165) is 20.5 Å². The van der Waals surface area contributed by atoms with Crippen LogP contribution in [0, 0.1) is 10.5 Å². The smallest absolute Gasteiger partial charge is 0.257 e. The molecule has 110 valence electrons. The molecule has 0 bridgehead atoms. The molecule has 2 aromatic carbocycles. The maximum Gasteiger partial charge on any atom is 0.257 e. The first-order chi connectivity index (χ1) is 9.88. The Hall–Kier alpha value is -1.76. The maximum absolute atomic E-state index is 12.5. The minimum absolute atomic E-state index is 0.157. The van der Waals surface area contributed by atoms with Gasteiger partial charge in [-0.3, -0.25) is 4.79 Å². The van der Waals surface area contributed by atoms with Gasteiger partial charge in [0.1, 0.15) is 0 Å². The number of hydrogen-bond donors (Lipinski definition) is 2. The lowest BCUT2D eigenvalue weighted by atomic mass is 10.1. The first kappa shape index (κ1) is 15.6. The average Bonchev–Trinajstić information content (AvgIpc) is 2.41. The molecule has 3 N–H and O–H groups in total. The van der Waals surface area contributed by atoms with E-state index in [1.165, 1.54) is 0 Å². The second kappa shape index (κ2) is 6.34. The van der Waals surface area contributed by atoms with E-state index >= 15 is 0 Å². The van der Waals surface area contributed by atoms with Gasteiger partial charge in [-0.05, 0) is 71.5 Å². The average molecular weight is 395 g/mol. The Balaban J connectivity index is 2.34. The van der Waals surface area contributed by atoms with E-state index in [2.05, 4.69) is 27.9 Å². The lowest BCUT2D eigenvalue weighted by molar-refractivity contribution is 0.102. The van der Waals surface area contributed by atoms with Crippen LogP contribution in [0.4, 0.5) is 17.1 Å². The summed E-state index contributed by atoms with van der Waals surface area (Å²) in [6.45, 7) is 1.98. The van der Waals surface area contributed by atoms with Crippen molar-refractivity contribution >= 4 is 45.6 Å². The zero-order valence-electron chi connectivity index (χ0n) is 12.3. The first-order valence-electron chi connectivity index (χ1n) is 6.53. The number of nitrogen functional groups attached to an aromatic ring is 1. The van der Waals surface area contributed by atoms with Crippen molar-refractivity contribution in [2.45, 2.75) is 6.92 Å². The molecule has 5 heteroatoms. The minimum atomic E-state index is -0.157. The lowest BCUT2D eigenvalue weighted by Crippen LogP contribution is -2.19. The third kappa shape index (κ3) is 3.66. The predicted molar refractivity (Wildman–Crippen MR) is 97.0 cm³/mol. The minimum Gasteiger partial charge on any atom is -0.399 e. The monoisotopic (exact) mass is 395 g/mol. The molecule has 0 radical (unpaired) electrons. The summed E-state index contributed by atoms with van der Waals surface area (Å²) in [7, 11) is 3.80. The number of aryl methyl sites for hydroxylation is 1. The van der Waals surface area contributed by atoms with Crippen LogP contribution in [0.3, 0.4) is 0 Å². The van der Waals surface area contributed by atoms with Crippen molar-refractivity contribution in [2.75, 3.05) is 30.0 Å². The predicted octanol–water partition coefficient (Wildman–Crippen LogP) is 3.50. The van der Waals surface area contributed by atoms with Crippen molar-refractivity contribution in [1.82, 2.24) is 0 Å². The number of carbonyl (C=O) groups is 1. The van der Waals surface area contributed by atoms with Gasteiger partial charge < -0.3 is 16.0 Å². The zero-order chi connectivity index (χ0) is 15.6. The number of rotatable bonds is 3. The highest BCUT2D eigenvalue weighted by molar-refractivity contribution is 14.1. The SMILES string of the molecule is Cc1cc(I)ccc1NC(=O)c1cc(N)ccc1N(C)C. The third-order valence-electron chi connectivity index (χ3n) is 3.18. The number of hydrogen-bond acceptors (Lipinski definition) is 3. The largest absolute Gasteiger partial charge is 0.399 e. The number of nitrogens with one attached hydrogen (secondary N) is 1. The molecule has 21 heavy (non-hydrogen) atoms. The van der Waals surface area contributed by atoms with Gasteiger partial charge in [-0.15, -0.1) is 0 Å². The summed E-state index contributed by atoms with van der Waals surface area (Å²) in [5.41, 5.74) is 9.63. The van der Waals surface area contributed by atoms with Crippen molar-refractivity contribution in [3.63, 3.8) is 0 Å². The Bertz CT molecular complexity index is 683. The quantitative estimate of drug-likeness (QED) is 0.618. The fourth-order valence-electron chi connectivity index (χ4n) is 2.08. The van der Waals surface area contributed by atoms with Crippen molar-refractivity contribution in [3.05, 3.63) is 51.1 Å². The molecular weight excluding hydrogens is 377 g/mol. The standard InChI is InChI=1S/C16H18IN3O/c1-10-8-11(17)4-6-14(10)19-16(21)13-9-12(18)5-7-15(13)20(2)3/h4-9H,18H2,1-3H3,(H,19,21). The number of halogens is 1. The number of nitrogens with two attached hydrogens (primary N) is 1. The second-order valence-electron chi connectivity index (χ2n) is 5.08. The molecule has 0 unspecified atom stereocenters. The molecule has 2 rings (SSSR count). The second-order valence-corrected chi connectivity index (χ2v) is 6.33. The normalized spacial score (nSPS) is 10.3. The summed E-state index contributed by atoms with van der Waals surface area (Å²) in [5, 5.41) is 2.95. The summed E-state index contributed by atoms with van der Waals surface area (Å²) >= 11 is 2.25. The molecule has 0 fully saturated rings. The van der Waals surface area contributed by atoms with Crippen LogP contribution < -0.4 is 16.0 Å². The number of nitrogens with zero attached hydrogens (tertiary/aromatic N) is 1. The molecule has 4 nitrogen and oxygen atoms in total. The van der Waals surface area contributed by atoms with Crippen LogP contribution in [-0.4, -0.2) is 20.0 Å². The molecule has 0 aliphatic heterocycles. The van der Waals surface area contributed by atoms with Gasteiger partial charge in [0.25, 0.3) is 5.91 Å². The van der Waals surface area contributed by atoms with Crippen LogP contribution in [0.1, 0.15) is 15.9 Å². The topological polar surface area (TPSA) is 58.4 Å². The van der Waals surface area contributed by atoms with Crippen LogP contribution in [0.25, 0.3) is 0 Å². The van der Waals surface area contributed by atoms with Gasteiger partial charge in [0.15, 0.2) is 0 Å². The number of amides is 1. The molecule has 0 spiro atoms. The molecule has 0 saturated carbocycles. The van der Waals surface area contributed by atoms with Crippen LogP contribution in [0.2, 0.25) is 0 Å². The molecular formula is C16H18IN3O. The van der Waals surface area contributed by atoms with Crippen molar-refractivity contribution in [3.8, 4) is 0 Å². The summed E-state index contributed by atoms with van der Waals surface area (Å²) in [5.74, 6) is -0.157. The summed E-state index contributed by atoms with van der Waals surface area (Å²) in [4.78, 5) is 14.4. The highest BCUT2D eigenvalue weighted by atomic mass is 127. The third-order valence-corrected chi connectivity index (χ3v) is 3.85. The Labute approximate surface area is 138 Å². The lowest BCUT2D eigenvalue weighted by Gasteiger charge is -2.18. The Morgan fingerprint density at radius 3 is 2.52 bits per heavy atom. The fourth-order valence-corrected chi connectivity index (χ4v) is 2.73. The zero-order valence-corrected chi connectivity index (χ0v) is 14.4. The molecule has 0 saturated heterocycles. The van der Waals surface area contributed by atoms with Gasteiger partial charge in [0, 0.05) is 34.7 Å². The van der Waals surface area contributed by atoms with Gasteiger partial charge >= 0.3 is 0 Å². The van der Waals surface area contributed by atoms with Crippen LogP contribution in [0.15, 0.2) is 36.4 Å². The molecule has 0 heterocycles. The van der Waals surface area contributed by atoms with E-state index < -0.39 is 0 Å². The molecule has 0 aliphatic rings. The van der Waals surface area contributed by atoms with Crippen molar-refractivity contribution in [1.29, 1.82) is 0 Å². The number of anilines is 3. The first-order valence-corrected chi connectivity index (χ1v) is 7.60. The van der Waals surface area contributed by atoms with Gasteiger partial charge in [-0.25, -0.2) is 0 Å². The van der Waals surface area contributed by atoms with Crippen LogP contribution >= 0.6 is 22.6 Å². The van der Waals surface area contributed by atoms with Crippen molar-refractivity contribution < 1.29 is 4.79 Å². The maximum atomic E-state index is 12.5. The fraction of sp³-hybridized carbons (Fsp3) is 0.188. The Morgan fingerprint density at radius 2 is 1.90 bits per heavy atom. The molecule has 2 aromatic rings. The molecule has 0 aromatic heterocycles. The molecule has 1 amide bonds. The summed E-state index contributed by atoms with van der Waals surface area (Å²) in [6.07, 6.45) is 0. The van der Waals surface area contributed by atoms with Gasteiger partial charge in [-0.2, -0.15) is 0 Å². The van der Waals surface area contributed by atoms with Crippen LogP contribution in [-0.2, 0) is 0 Å².